The van der Waals surface area contributed by atoms with Gasteiger partial charge in [0.1, 0.15) is 11.9 Å². The van der Waals surface area contributed by atoms with E-state index in [0.29, 0.717) is 35.8 Å². The highest BCUT2D eigenvalue weighted by molar-refractivity contribution is 9.09. The molecule has 2 aliphatic rings. The van der Waals surface area contributed by atoms with Crippen molar-refractivity contribution in [1.29, 1.82) is 0 Å². The molecule has 2 aromatic carbocycles. The lowest BCUT2D eigenvalue weighted by Crippen LogP contribution is -2.38. The number of methoxy groups -OCH3 is 1. The zero-order chi connectivity index (χ0) is 21.3. The lowest BCUT2D eigenvalue weighted by molar-refractivity contribution is -0.119. The van der Waals surface area contributed by atoms with Crippen LogP contribution in [0.4, 0.5) is 10.1 Å². The fraction of sp³-hybridized carbons (Fsp3) is 0.273. The van der Waals surface area contributed by atoms with Crippen LogP contribution in [0.25, 0.3) is 5.57 Å². The smallest absolute Gasteiger partial charge is 0.260 e. The van der Waals surface area contributed by atoms with E-state index in [4.69, 9.17) is 9.47 Å². The first-order chi connectivity index (χ1) is 14.5. The summed E-state index contributed by atoms with van der Waals surface area (Å²) in [5.41, 5.74) is 2.30. The Bertz CT molecular complexity index is 1020. The molecule has 8 heteroatoms. The SMILES string of the molecule is COc1cc2c(cc1OCCCBr)NC(=O)[C@@H]1CC(c3ccc(F)cc3)=CN1C2=O. The first-order valence-corrected chi connectivity index (χ1v) is 10.6. The maximum atomic E-state index is 13.3. The first kappa shape index (κ1) is 20.4. The Morgan fingerprint density at radius 3 is 2.67 bits per heavy atom. The maximum Gasteiger partial charge on any atom is 0.260 e. The van der Waals surface area contributed by atoms with Gasteiger partial charge in [-0.25, -0.2) is 4.39 Å². The van der Waals surface area contributed by atoms with Crippen molar-refractivity contribution in [3.8, 4) is 11.5 Å². The van der Waals surface area contributed by atoms with E-state index in [1.807, 2.05) is 0 Å². The van der Waals surface area contributed by atoms with E-state index >= 15 is 0 Å². The highest BCUT2D eigenvalue weighted by Gasteiger charge is 2.39. The second-order valence-corrected chi connectivity index (χ2v) is 7.82. The predicted octanol–water partition coefficient (Wildman–Crippen LogP) is 4.21. The number of halogens is 2. The second kappa shape index (κ2) is 8.47. The number of ether oxygens (including phenoxy) is 2. The lowest BCUT2D eigenvalue weighted by Gasteiger charge is -2.18. The Morgan fingerprint density at radius 2 is 1.97 bits per heavy atom. The quantitative estimate of drug-likeness (QED) is 0.503. The van der Waals surface area contributed by atoms with Gasteiger partial charge in [-0.2, -0.15) is 0 Å². The molecule has 0 radical (unpaired) electrons. The van der Waals surface area contributed by atoms with Crippen LogP contribution in [0.15, 0.2) is 42.6 Å². The summed E-state index contributed by atoms with van der Waals surface area (Å²) in [4.78, 5) is 27.6. The Labute approximate surface area is 181 Å². The number of nitrogens with zero attached hydrogens (tertiary/aromatic N) is 1. The van der Waals surface area contributed by atoms with Crippen molar-refractivity contribution in [2.45, 2.75) is 18.9 Å². The molecular weight excluding hydrogens is 455 g/mol. The first-order valence-electron chi connectivity index (χ1n) is 9.52. The summed E-state index contributed by atoms with van der Waals surface area (Å²) < 4.78 is 24.4. The average molecular weight is 475 g/mol. The van der Waals surface area contributed by atoms with Gasteiger partial charge in [0.25, 0.3) is 5.91 Å². The molecule has 2 amide bonds. The van der Waals surface area contributed by atoms with Gasteiger partial charge in [-0.05, 0) is 35.8 Å². The minimum Gasteiger partial charge on any atom is -0.493 e. The zero-order valence-electron chi connectivity index (χ0n) is 16.3. The topological polar surface area (TPSA) is 67.9 Å². The van der Waals surface area contributed by atoms with Crippen molar-refractivity contribution in [3.63, 3.8) is 0 Å². The molecular formula is C22H20BrFN2O4. The minimum absolute atomic E-state index is 0.285. The molecule has 0 saturated carbocycles. The molecule has 2 heterocycles. The molecule has 2 aromatic rings. The van der Waals surface area contributed by atoms with Gasteiger partial charge < -0.3 is 19.7 Å². The fourth-order valence-corrected chi connectivity index (χ4v) is 3.83. The van der Waals surface area contributed by atoms with Crippen molar-refractivity contribution in [3.05, 3.63) is 59.5 Å². The standard InChI is InChI=1S/C22H20BrFN2O4/c1-29-19-10-16-17(11-20(19)30-8-2-7-23)25-21(27)18-9-14(12-26(18)22(16)28)13-3-5-15(24)6-4-13/h3-6,10-12,18H,2,7-9H2,1H3,(H,25,27)/t18-/m0/s1. The molecule has 0 unspecified atom stereocenters. The predicted molar refractivity (Wildman–Crippen MR) is 114 cm³/mol. The number of alkyl halides is 1. The number of anilines is 1. The van der Waals surface area contributed by atoms with Crippen molar-refractivity contribution >= 4 is 39.0 Å². The normalized spacial score (nSPS) is 17.6. The summed E-state index contributed by atoms with van der Waals surface area (Å²) >= 11 is 3.35. The number of hydrogen-bond acceptors (Lipinski definition) is 4. The van der Waals surface area contributed by atoms with E-state index in [-0.39, 0.29) is 17.6 Å². The molecule has 0 bridgehead atoms. The molecule has 4 rings (SSSR count). The molecule has 30 heavy (non-hydrogen) atoms. The summed E-state index contributed by atoms with van der Waals surface area (Å²) in [5, 5.41) is 3.65. The summed E-state index contributed by atoms with van der Waals surface area (Å²) in [6.45, 7) is 0.473. The van der Waals surface area contributed by atoms with Gasteiger partial charge >= 0.3 is 0 Å². The van der Waals surface area contributed by atoms with Crippen LogP contribution in [0.2, 0.25) is 0 Å². The van der Waals surface area contributed by atoms with E-state index in [1.165, 1.54) is 24.1 Å². The summed E-state index contributed by atoms with van der Waals surface area (Å²) in [6.07, 6.45) is 2.82. The van der Waals surface area contributed by atoms with Crippen LogP contribution in [0.5, 0.6) is 11.5 Å². The highest BCUT2D eigenvalue weighted by atomic mass is 79.9. The molecule has 0 fully saturated rings. The van der Waals surface area contributed by atoms with Crippen LogP contribution in [0.1, 0.15) is 28.8 Å². The average Bonchev–Trinajstić information content (AvgIpc) is 3.16. The molecule has 1 atom stereocenters. The second-order valence-electron chi connectivity index (χ2n) is 7.02. The Kier molecular flexibility index (Phi) is 5.76. The van der Waals surface area contributed by atoms with Crippen LogP contribution in [0, 0.1) is 5.82 Å². The summed E-state index contributed by atoms with van der Waals surface area (Å²) in [5.74, 6) is -0.0418. The van der Waals surface area contributed by atoms with Gasteiger partial charge in [-0.15, -0.1) is 0 Å². The largest absolute Gasteiger partial charge is 0.493 e. The Balaban J connectivity index is 1.68. The molecule has 6 nitrogen and oxygen atoms in total. The summed E-state index contributed by atoms with van der Waals surface area (Å²) in [6, 6.07) is 8.55. The molecule has 0 aromatic heterocycles. The number of fused-ring (bicyclic) bond motifs is 2. The highest BCUT2D eigenvalue weighted by Crippen LogP contribution is 2.39. The number of nitrogens with one attached hydrogen (secondary N) is 1. The van der Waals surface area contributed by atoms with Crippen molar-refractivity contribution in [2.75, 3.05) is 24.4 Å². The van der Waals surface area contributed by atoms with Gasteiger partial charge in [0.15, 0.2) is 11.5 Å². The monoisotopic (exact) mass is 474 g/mol. The Morgan fingerprint density at radius 1 is 1.20 bits per heavy atom. The third-order valence-corrected chi connectivity index (χ3v) is 5.68. The lowest BCUT2D eigenvalue weighted by atomic mass is 10.0. The zero-order valence-corrected chi connectivity index (χ0v) is 17.9. The van der Waals surface area contributed by atoms with Gasteiger partial charge in [-0.3, -0.25) is 9.59 Å². The van der Waals surface area contributed by atoms with Crippen molar-refractivity contribution < 1.29 is 23.5 Å². The minimum atomic E-state index is -0.672. The maximum absolute atomic E-state index is 13.3. The number of carbonyl (C=O) groups is 2. The van der Waals surface area contributed by atoms with E-state index in [9.17, 15) is 14.0 Å². The van der Waals surface area contributed by atoms with Crippen LogP contribution in [-0.4, -0.2) is 41.8 Å². The third-order valence-electron chi connectivity index (χ3n) is 5.12. The van der Waals surface area contributed by atoms with E-state index in [2.05, 4.69) is 21.2 Å². The molecule has 0 saturated heterocycles. The fourth-order valence-electron chi connectivity index (χ4n) is 3.60. The molecule has 0 spiro atoms. The molecule has 2 aliphatic heterocycles. The summed E-state index contributed by atoms with van der Waals surface area (Å²) in [7, 11) is 1.50. The van der Waals surface area contributed by atoms with E-state index in [1.54, 1.807) is 30.5 Å². The van der Waals surface area contributed by atoms with Crippen molar-refractivity contribution in [2.24, 2.45) is 0 Å². The Hall–Kier alpha value is -2.87. The number of hydrogen-bond donors (Lipinski definition) is 1. The number of rotatable bonds is 6. The van der Waals surface area contributed by atoms with E-state index in [0.717, 1.165) is 22.9 Å². The molecule has 0 aliphatic carbocycles. The third kappa shape index (κ3) is 3.79. The van der Waals surface area contributed by atoms with Crippen LogP contribution >= 0.6 is 15.9 Å². The number of amides is 2. The van der Waals surface area contributed by atoms with Crippen LogP contribution in [0.3, 0.4) is 0 Å². The van der Waals surface area contributed by atoms with Gasteiger partial charge in [0.2, 0.25) is 5.91 Å². The van der Waals surface area contributed by atoms with E-state index < -0.39 is 6.04 Å². The van der Waals surface area contributed by atoms with Crippen molar-refractivity contribution in [1.82, 2.24) is 4.90 Å². The molecule has 1 N–H and O–H groups in total. The molecule has 156 valence electrons. The van der Waals surface area contributed by atoms with Gasteiger partial charge in [-0.1, -0.05) is 28.1 Å². The number of carbonyl (C=O) groups excluding carboxylic acids is 2. The van der Waals surface area contributed by atoms with Crippen LogP contribution < -0.4 is 14.8 Å². The van der Waals surface area contributed by atoms with Gasteiger partial charge in [0.05, 0.1) is 25.0 Å². The van der Waals surface area contributed by atoms with Gasteiger partial charge in [0, 0.05) is 24.0 Å². The van der Waals surface area contributed by atoms with Crippen LogP contribution in [-0.2, 0) is 4.79 Å². The number of benzene rings is 2.